The molecule has 3 nitrogen and oxygen atoms in total. The van der Waals surface area contributed by atoms with Crippen molar-refractivity contribution in [2.24, 2.45) is 0 Å². The minimum Gasteiger partial charge on any atom is -0.465 e. The van der Waals surface area contributed by atoms with Crippen LogP contribution in [0.3, 0.4) is 0 Å². The highest BCUT2D eigenvalue weighted by molar-refractivity contribution is 9.10. The van der Waals surface area contributed by atoms with Gasteiger partial charge in [-0.2, -0.15) is 0 Å². The van der Waals surface area contributed by atoms with Crippen LogP contribution in [0.5, 0.6) is 0 Å². The molecule has 0 saturated heterocycles. The molecule has 0 bridgehead atoms. The van der Waals surface area contributed by atoms with E-state index < -0.39 is 16.6 Å². The van der Waals surface area contributed by atoms with Crippen LogP contribution in [-0.4, -0.2) is 23.2 Å². The summed E-state index contributed by atoms with van der Waals surface area (Å²) >= 11 is 8.85. The Bertz CT molecular complexity index is 406. The van der Waals surface area contributed by atoms with Gasteiger partial charge in [-0.1, -0.05) is 39.7 Å². The molecule has 0 saturated carbocycles. The molecule has 1 rings (SSSR count). The molecule has 0 amide bonds. The van der Waals surface area contributed by atoms with E-state index in [9.17, 15) is 9.59 Å². The Labute approximate surface area is 107 Å². The number of hydrogen-bond acceptors (Lipinski definition) is 3. The highest BCUT2D eigenvalue weighted by Crippen LogP contribution is 2.20. The van der Waals surface area contributed by atoms with Crippen molar-refractivity contribution in [2.75, 3.05) is 6.61 Å². The van der Waals surface area contributed by atoms with Gasteiger partial charge in [-0.25, -0.2) is 0 Å². The number of ketones is 1. The molecule has 0 N–H and O–H groups in total. The molecule has 1 atom stereocenters. The number of ether oxygens (including phenoxy) is 1. The number of carbonyl (C=O) groups excluding carboxylic acids is 2. The van der Waals surface area contributed by atoms with Crippen molar-refractivity contribution in [3.05, 3.63) is 34.9 Å². The first-order valence-electron chi connectivity index (χ1n) is 4.67. The highest BCUT2D eigenvalue weighted by atomic mass is 79.9. The van der Waals surface area contributed by atoms with Crippen LogP contribution in [-0.2, 0) is 9.53 Å². The second-order valence-electron chi connectivity index (χ2n) is 2.96. The Morgan fingerprint density at radius 2 is 2.06 bits per heavy atom. The van der Waals surface area contributed by atoms with Gasteiger partial charge in [-0.15, -0.1) is 0 Å². The van der Waals surface area contributed by atoms with E-state index in [1.165, 1.54) is 0 Å². The van der Waals surface area contributed by atoms with Crippen LogP contribution in [0, 0.1) is 0 Å². The number of rotatable bonds is 4. The van der Waals surface area contributed by atoms with E-state index in [0.717, 1.165) is 0 Å². The van der Waals surface area contributed by atoms with E-state index in [0.29, 0.717) is 10.6 Å². The van der Waals surface area contributed by atoms with Crippen molar-refractivity contribution in [3.63, 3.8) is 0 Å². The van der Waals surface area contributed by atoms with E-state index in [1.807, 2.05) is 0 Å². The van der Waals surface area contributed by atoms with E-state index in [2.05, 4.69) is 15.9 Å². The third-order valence-corrected chi connectivity index (χ3v) is 2.98. The van der Waals surface area contributed by atoms with E-state index in [-0.39, 0.29) is 6.61 Å². The number of Topliss-reactive ketones (excluding diaryl/α,β-unsaturated/α-hetero) is 1. The van der Waals surface area contributed by atoms with Gasteiger partial charge in [-0.05, 0) is 19.1 Å². The highest BCUT2D eigenvalue weighted by Gasteiger charge is 2.27. The van der Waals surface area contributed by atoms with E-state index in [4.69, 9.17) is 16.3 Å². The van der Waals surface area contributed by atoms with Crippen LogP contribution in [0.25, 0.3) is 0 Å². The fraction of sp³-hybridized carbons (Fsp3) is 0.273. The summed E-state index contributed by atoms with van der Waals surface area (Å²) < 4.78 is 4.74. The lowest BCUT2D eigenvalue weighted by atomic mass is 10.1. The lowest BCUT2D eigenvalue weighted by molar-refractivity contribution is -0.141. The molecule has 86 valence electrons. The molecule has 0 unspecified atom stereocenters. The molecule has 0 aromatic heterocycles. The average molecular weight is 306 g/mol. The molecule has 0 aliphatic heterocycles. The number of carbonyl (C=O) groups is 2. The summed E-state index contributed by atoms with van der Waals surface area (Å²) in [5.74, 6) is -1.00. The summed E-state index contributed by atoms with van der Waals surface area (Å²) in [7, 11) is 0. The predicted octanol–water partition coefficient (Wildman–Crippen LogP) is 2.85. The number of alkyl halides is 1. The Morgan fingerprint density at radius 3 is 2.62 bits per heavy atom. The zero-order chi connectivity index (χ0) is 12.1. The topological polar surface area (TPSA) is 43.4 Å². The summed E-state index contributed by atoms with van der Waals surface area (Å²) in [6, 6.07) is 6.56. The van der Waals surface area contributed by atoms with Gasteiger partial charge in [0.25, 0.3) is 0 Å². The third kappa shape index (κ3) is 3.06. The molecular formula is C11H10BrClO3. The van der Waals surface area contributed by atoms with Gasteiger partial charge in [0.15, 0.2) is 10.6 Å². The first-order chi connectivity index (χ1) is 7.57. The molecule has 0 aliphatic carbocycles. The molecule has 0 spiro atoms. The molecule has 0 radical (unpaired) electrons. The maximum absolute atomic E-state index is 11.8. The predicted molar refractivity (Wildman–Crippen MR) is 65.1 cm³/mol. The summed E-state index contributed by atoms with van der Waals surface area (Å²) in [6.45, 7) is 1.91. The fourth-order valence-corrected chi connectivity index (χ4v) is 1.73. The van der Waals surface area contributed by atoms with Gasteiger partial charge in [0.05, 0.1) is 11.6 Å². The average Bonchev–Trinajstić information content (AvgIpc) is 2.28. The largest absolute Gasteiger partial charge is 0.465 e. The van der Waals surface area contributed by atoms with Gasteiger partial charge in [0, 0.05) is 5.56 Å². The Balaban J connectivity index is 2.86. The molecule has 0 fully saturated rings. The van der Waals surface area contributed by atoms with Crippen molar-refractivity contribution >= 4 is 39.3 Å². The SMILES string of the molecule is CCOC(=O)[C@H](Br)C(=O)c1ccccc1Cl. The molecular weight excluding hydrogens is 295 g/mol. The first kappa shape index (κ1) is 13.2. The number of esters is 1. The summed E-state index contributed by atoms with van der Waals surface area (Å²) in [6.07, 6.45) is 0. The van der Waals surface area contributed by atoms with Crippen molar-refractivity contribution in [1.82, 2.24) is 0 Å². The first-order valence-corrected chi connectivity index (χ1v) is 5.96. The van der Waals surface area contributed by atoms with Crippen molar-refractivity contribution < 1.29 is 14.3 Å². The van der Waals surface area contributed by atoms with E-state index >= 15 is 0 Å². The van der Waals surface area contributed by atoms with Crippen LogP contribution in [0.2, 0.25) is 5.02 Å². The minimum absolute atomic E-state index is 0.233. The molecule has 16 heavy (non-hydrogen) atoms. The van der Waals surface area contributed by atoms with Crippen LogP contribution >= 0.6 is 27.5 Å². The smallest absolute Gasteiger partial charge is 0.327 e. The summed E-state index contributed by atoms with van der Waals surface area (Å²) in [5, 5.41) is 0.321. The van der Waals surface area contributed by atoms with Crippen LogP contribution in [0.15, 0.2) is 24.3 Å². The fourth-order valence-electron chi connectivity index (χ4n) is 1.12. The standard InChI is InChI=1S/C11H10BrClO3/c1-2-16-11(15)9(12)10(14)7-5-3-4-6-8(7)13/h3-6,9H,2H2,1H3/t9-/m1/s1. The van der Waals surface area contributed by atoms with Gasteiger partial charge in [0.1, 0.15) is 0 Å². The zero-order valence-corrected chi connectivity index (χ0v) is 10.9. The minimum atomic E-state index is -1.01. The van der Waals surface area contributed by atoms with Crippen LogP contribution < -0.4 is 0 Å². The van der Waals surface area contributed by atoms with Crippen molar-refractivity contribution in [3.8, 4) is 0 Å². The lowest BCUT2D eigenvalue weighted by Gasteiger charge is -2.08. The maximum Gasteiger partial charge on any atom is 0.327 e. The second-order valence-corrected chi connectivity index (χ2v) is 4.28. The monoisotopic (exact) mass is 304 g/mol. The molecule has 0 heterocycles. The van der Waals surface area contributed by atoms with Gasteiger partial charge in [0.2, 0.25) is 0 Å². The van der Waals surface area contributed by atoms with Gasteiger partial charge >= 0.3 is 5.97 Å². The Morgan fingerprint density at radius 1 is 1.44 bits per heavy atom. The zero-order valence-electron chi connectivity index (χ0n) is 8.57. The van der Waals surface area contributed by atoms with Crippen LogP contribution in [0.4, 0.5) is 0 Å². The van der Waals surface area contributed by atoms with Crippen molar-refractivity contribution in [2.45, 2.75) is 11.8 Å². The second kappa shape index (κ2) is 6.01. The third-order valence-electron chi connectivity index (χ3n) is 1.86. The normalized spacial score (nSPS) is 11.9. The number of hydrogen-bond donors (Lipinski definition) is 0. The Kier molecular flexibility index (Phi) is 4.96. The number of halogens is 2. The lowest BCUT2D eigenvalue weighted by Crippen LogP contribution is -2.26. The molecule has 1 aromatic rings. The molecule has 1 aromatic carbocycles. The summed E-state index contributed by atoms with van der Waals surface area (Å²) in [4.78, 5) is 22.2. The quantitative estimate of drug-likeness (QED) is 0.372. The molecule has 5 heteroatoms. The molecule has 0 aliphatic rings. The van der Waals surface area contributed by atoms with Gasteiger partial charge < -0.3 is 4.74 Å². The van der Waals surface area contributed by atoms with Crippen molar-refractivity contribution in [1.29, 1.82) is 0 Å². The maximum atomic E-state index is 11.8. The summed E-state index contributed by atoms with van der Waals surface area (Å²) in [5.41, 5.74) is 0.305. The van der Waals surface area contributed by atoms with E-state index in [1.54, 1.807) is 31.2 Å². The van der Waals surface area contributed by atoms with Gasteiger partial charge in [-0.3, -0.25) is 9.59 Å². The van der Waals surface area contributed by atoms with Crippen LogP contribution in [0.1, 0.15) is 17.3 Å². The number of benzene rings is 1. The Hall–Kier alpha value is -0.870.